The van der Waals surface area contributed by atoms with Crippen molar-refractivity contribution >= 4 is 20.4 Å². The molecule has 2 aliphatic rings. The fourth-order valence-corrected chi connectivity index (χ4v) is 6.94. The van der Waals surface area contributed by atoms with Crippen molar-refractivity contribution in [2.45, 2.75) is 130 Å². The topological polar surface area (TPSA) is 63.6 Å². The van der Waals surface area contributed by atoms with E-state index in [1.807, 2.05) is 0 Å². The number of allylic oxidation sites excluding steroid dienone is 5. The van der Waals surface area contributed by atoms with Gasteiger partial charge in [0, 0.05) is 18.3 Å². The van der Waals surface area contributed by atoms with Gasteiger partial charge < -0.3 is 14.3 Å². The molecule has 1 fully saturated rings. The first-order valence-corrected chi connectivity index (χ1v) is 16.8. The molecule has 0 unspecified atom stereocenters. The second-order valence-electron chi connectivity index (χ2n) is 13.5. The van der Waals surface area contributed by atoms with Gasteiger partial charge in [-0.25, -0.2) is 0 Å². The maximum Gasteiger partial charge on any atom is 0.192 e. The first-order chi connectivity index (χ1) is 16.5. The minimum Gasteiger partial charge on any atom is -0.410 e. The maximum atomic E-state index is 13.2. The van der Waals surface area contributed by atoms with E-state index in [9.17, 15) is 14.7 Å². The zero-order chi connectivity index (χ0) is 27.5. The lowest BCUT2D eigenvalue weighted by molar-refractivity contribution is -0.147. The van der Waals surface area contributed by atoms with Gasteiger partial charge in [0.2, 0.25) is 0 Å². The summed E-state index contributed by atoms with van der Waals surface area (Å²) in [6.07, 6.45) is 13.0. The molecular weight excluding hydrogens is 464 g/mol. The van der Waals surface area contributed by atoms with E-state index in [0.717, 1.165) is 44.0 Å². The zero-order valence-corrected chi connectivity index (χ0v) is 25.7. The Bertz CT molecular complexity index is 906. The van der Waals surface area contributed by atoms with Crippen LogP contribution in [0.1, 0.15) is 100 Å². The Morgan fingerprint density at radius 2 is 1.72 bits per heavy atom. The quantitative estimate of drug-likeness (QED) is 0.236. The van der Waals surface area contributed by atoms with Gasteiger partial charge in [-0.1, -0.05) is 64.0 Å². The molecule has 36 heavy (non-hydrogen) atoms. The van der Waals surface area contributed by atoms with Gasteiger partial charge in [-0.15, -0.1) is 0 Å². The van der Waals surface area contributed by atoms with Gasteiger partial charge in [0.05, 0.1) is 6.10 Å². The summed E-state index contributed by atoms with van der Waals surface area (Å²) in [7, 11) is -2.00. The lowest BCUT2D eigenvalue weighted by Gasteiger charge is -2.40. The first-order valence-electron chi connectivity index (χ1n) is 13.8. The van der Waals surface area contributed by atoms with E-state index in [4.69, 9.17) is 4.43 Å². The molecule has 0 spiro atoms. The first kappa shape index (κ1) is 30.9. The highest BCUT2D eigenvalue weighted by Crippen LogP contribution is 2.54. The number of carbonyl (C=O) groups excluding carboxylic acids is 2. The maximum absolute atomic E-state index is 13.2. The Kier molecular flexibility index (Phi) is 9.97. The second kappa shape index (κ2) is 11.6. The average Bonchev–Trinajstić information content (AvgIpc) is 2.97. The van der Waals surface area contributed by atoms with Gasteiger partial charge in [0.1, 0.15) is 11.9 Å². The molecule has 5 heteroatoms. The van der Waals surface area contributed by atoms with Crippen LogP contribution in [-0.2, 0) is 14.0 Å². The minimum atomic E-state index is -2.00. The monoisotopic (exact) mass is 516 g/mol. The number of carbonyl (C=O) groups is 2. The molecule has 0 amide bonds. The molecule has 5 atom stereocenters. The molecule has 0 aromatic rings. The average molecular weight is 517 g/mol. The Hall–Kier alpha value is -1.30. The molecular formula is C31H52O4Si. The summed E-state index contributed by atoms with van der Waals surface area (Å²) in [4.78, 5) is 25.0. The number of aliphatic hydroxyl groups is 1. The molecule has 0 saturated heterocycles. The summed E-state index contributed by atoms with van der Waals surface area (Å²) in [6, 6.07) is 0. The number of hydrogen-bond donors (Lipinski definition) is 1. The van der Waals surface area contributed by atoms with E-state index >= 15 is 0 Å². The fourth-order valence-electron chi connectivity index (χ4n) is 5.57. The molecule has 1 N–H and O–H groups in total. The van der Waals surface area contributed by atoms with Crippen molar-refractivity contribution in [1.29, 1.82) is 0 Å². The molecule has 4 nitrogen and oxygen atoms in total. The fraction of sp³-hybridized carbons (Fsp3) is 0.742. The number of fused-ring (bicyclic) bond motifs is 1. The third-order valence-corrected chi connectivity index (χ3v) is 13.9. The lowest BCUT2D eigenvalue weighted by atomic mass is 9.68. The van der Waals surface area contributed by atoms with Crippen LogP contribution in [0.2, 0.25) is 18.1 Å². The SMILES string of the molecule is C/C1=C\C[C@]2(C)CC(=O)[C@](O)([C@@H](C)C=O)[C@H]2C/C=C(\C)[C@@H](O[Si](C)(C)C(C)(C)C)CC/C(C)=C/CC1. The molecule has 0 bridgehead atoms. The van der Waals surface area contributed by atoms with Crippen molar-refractivity contribution in [2.75, 3.05) is 0 Å². The third kappa shape index (κ3) is 6.76. The summed E-state index contributed by atoms with van der Waals surface area (Å²) in [6.45, 7) is 21.7. The van der Waals surface area contributed by atoms with E-state index in [2.05, 4.69) is 79.8 Å². The smallest absolute Gasteiger partial charge is 0.192 e. The summed E-state index contributed by atoms with van der Waals surface area (Å²) in [5.74, 6) is -1.25. The number of hydrogen-bond acceptors (Lipinski definition) is 4. The van der Waals surface area contributed by atoms with Gasteiger partial charge in [-0.2, -0.15) is 0 Å². The summed E-state index contributed by atoms with van der Waals surface area (Å²) >= 11 is 0. The molecule has 0 aliphatic heterocycles. The summed E-state index contributed by atoms with van der Waals surface area (Å²) in [5, 5.41) is 11.8. The van der Waals surface area contributed by atoms with Gasteiger partial charge in [0.15, 0.2) is 14.1 Å². The standard InChI is InChI=1S/C31H52O4Si/c1-22-12-11-13-23(2)18-19-30(8)20-28(33)31(34,25(4)21-32)27(30)17-15-24(3)26(16-14-22)35-36(9,10)29(5,6)7/h12,15,18,21,25-27,34H,11,13-14,16-17,19-20H2,1-10H3/b22-12+,23-18+,24-15+/t25-,26-,27-,30+,31-/m0/s1. The van der Waals surface area contributed by atoms with Crippen LogP contribution in [0.5, 0.6) is 0 Å². The van der Waals surface area contributed by atoms with Crippen molar-refractivity contribution in [3.8, 4) is 0 Å². The predicted molar refractivity (Wildman–Crippen MR) is 152 cm³/mol. The largest absolute Gasteiger partial charge is 0.410 e. The third-order valence-electron chi connectivity index (χ3n) is 9.46. The highest BCUT2D eigenvalue weighted by atomic mass is 28.4. The molecule has 2 aliphatic carbocycles. The van der Waals surface area contributed by atoms with Crippen molar-refractivity contribution in [2.24, 2.45) is 17.3 Å². The van der Waals surface area contributed by atoms with Crippen LogP contribution in [0.4, 0.5) is 0 Å². The van der Waals surface area contributed by atoms with Gasteiger partial charge in [-0.3, -0.25) is 4.79 Å². The van der Waals surface area contributed by atoms with Crippen molar-refractivity contribution in [3.05, 3.63) is 34.9 Å². The van der Waals surface area contributed by atoms with Crippen molar-refractivity contribution < 1.29 is 19.1 Å². The highest BCUT2D eigenvalue weighted by molar-refractivity contribution is 6.74. The van der Waals surface area contributed by atoms with Crippen molar-refractivity contribution in [1.82, 2.24) is 0 Å². The molecule has 0 radical (unpaired) electrons. The number of ketones is 1. The summed E-state index contributed by atoms with van der Waals surface area (Å²) < 4.78 is 6.93. The predicted octanol–water partition coefficient (Wildman–Crippen LogP) is 7.73. The van der Waals surface area contributed by atoms with Gasteiger partial charge >= 0.3 is 0 Å². The Balaban J connectivity index is 2.55. The zero-order valence-electron chi connectivity index (χ0n) is 24.7. The Morgan fingerprint density at radius 1 is 1.11 bits per heavy atom. The van der Waals surface area contributed by atoms with E-state index in [1.165, 1.54) is 11.1 Å². The molecule has 204 valence electrons. The highest BCUT2D eigenvalue weighted by Gasteiger charge is 2.60. The van der Waals surface area contributed by atoms with Gasteiger partial charge in [0.25, 0.3) is 0 Å². The number of aldehydes is 1. The van der Waals surface area contributed by atoms with Crippen LogP contribution in [0.3, 0.4) is 0 Å². The van der Waals surface area contributed by atoms with Crippen LogP contribution in [0, 0.1) is 17.3 Å². The number of rotatable bonds is 4. The number of Topliss-reactive ketones (excluding diaryl/α,β-unsaturated/α-hetero) is 1. The van der Waals surface area contributed by atoms with Crippen molar-refractivity contribution in [3.63, 3.8) is 0 Å². The van der Waals surface area contributed by atoms with E-state index < -0.39 is 25.3 Å². The second-order valence-corrected chi connectivity index (χ2v) is 18.2. The lowest BCUT2D eigenvalue weighted by Crippen LogP contribution is -2.49. The van der Waals surface area contributed by atoms with E-state index in [0.29, 0.717) is 12.8 Å². The molecule has 0 aromatic heterocycles. The molecule has 2 rings (SSSR count). The van der Waals surface area contributed by atoms with E-state index in [1.54, 1.807) is 6.92 Å². The van der Waals surface area contributed by atoms with Crippen LogP contribution in [0.25, 0.3) is 0 Å². The Labute approximate surface area is 221 Å². The molecule has 0 heterocycles. The van der Waals surface area contributed by atoms with Gasteiger partial charge in [-0.05, 0) is 88.4 Å². The van der Waals surface area contributed by atoms with Crippen LogP contribution < -0.4 is 0 Å². The van der Waals surface area contributed by atoms with Crippen LogP contribution >= 0.6 is 0 Å². The molecule has 0 aromatic carbocycles. The van der Waals surface area contributed by atoms with Crippen LogP contribution in [0.15, 0.2) is 34.9 Å². The van der Waals surface area contributed by atoms with Crippen LogP contribution in [-0.4, -0.2) is 37.2 Å². The normalized spacial score (nSPS) is 36.8. The minimum absolute atomic E-state index is 0.000760. The Morgan fingerprint density at radius 3 is 2.31 bits per heavy atom. The summed E-state index contributed by atoms with van der Waals surface area (Å²) in [5.41, 5.74) is 1.85. The molecule has 1 saturated carbocycles. The van der Waals surface area contributed by atoms with E-state index in [-0.39, 0.29) is 22.8 Å².